The third-order valence-corrected chi connectivity index (χ3v) is 7.11. The van der Waals surface area contributed by atoms with Crippen molar-refractivity contribution >= 4 is 50.6 Å². The van der Waals surface area contributed by atoms with Crippen LogP contribution in [0.3, 0.4) is 0 Å². The Labute approximate surface area is 186 Å². The second-order valence-corrected chi connectivity index (χ2v) is 9.17. The number of hydrogen-bond acceptors (Lipinski definition) is 3. The quantitative estimate of drug-likeness (QED) is 0.504. The molecule has 0 atom stereocenters. The van der Waals surface area contributed by atoms with Crippen LogP contribution in [0.1, 0.15) is 16.7 Å². The van der Waals surface area contributed by atoms with E-state index in [-0.39, 0.29) is 29.6 Å². The predicted octanol–water partition coefficient (Wildman–Crippen LogP) is 4.49. The summed E-state index contributed by atoms with van der Waals surface area (Å²) in [4.78, 5) is 0. The first-order valence-corrected chi connectivity index (χ1v) is 11.7. The van der Waals surface area contributed by atoms with Crippen LogP contribution >= 0.6 is 0 Å². The second kappa shape index (κ2) is 10.3. The summed E-state index contributed by atoms with van der Waals surface area (Å²) in [6.45, 7) is 6.15. The number of benzene rings is 3. The van der Waals surface area contributed by atoms with Crippen molar-refractivity contribution in [3.63, 3.8) is 0 Å². The number of hydrogen-bond donors (Lipinski definition) is 0. The summed E-state index contributed by atoms with van der Waals surface area (Å²) < 4.78 is 18.3. The first-order valence-electron chi connectivity index (χ1n) is 8.19. The monoisotopic (exact) mass is 465 g/mol. The van der Waals surface area contributed by atoms with E-state index in [1.165, 1.54) is 16.7 Å². The van der Waals surface area contributed by atoms with E-state index in [4.69, 9.17) is 9.22 Å². The van der Waals surface area contributed by atoms with Gasteiger partial charge in [0.25, 0.3) is 0 Å². The van der Waals surface area contributed by atoms with E-state index < -0.39 is 21.0 Å². The summed E-state index contributed by atoms with van der Waals surface area (Å²) in [6, 6.07) is 23.8. The molecule has 0 saturated heterocycles. The summed E-state index contributed by atoms with van der Waals surface area (Å²) in [5.41, 5.74) is 3.57. The van der Waals surface area contributed by atoms with Crippen LogP contribution in [0, 0.1) is 20.8 Å². The van der Waals surface area contributed by atoms with E-state index >= 15 is 0 Å². The van der Waals surface area contributed by atoms with E-state index in [1.807, 2.05) is 72.8 Å². The molecule has 0 aliphatic carbocycles. The Bertz CT molecular complexity index is 689. The average molecular weight is 464 g/mol. The zero-order valence-electron chi connectivity index (χ0n) is 14.7. The van der Waals surface area contributed by atoms with Crippen molar-refractivity contribution in [1.82, 2.24) is 0 Å². The summed E-state index contributed by atoms with van der Waals surface area (Å²) in [5.74, 6) is 2.33. The van der Waals surface area contributed by atoms with Crippen molar-refractivity contribution in [2.45, 2.75) is 20.8 Å². The summed E-state index contributed by atoms with van der Waals surface area (Å²) in [7, 11) is 0. The minimum atomic E-state index is -3.12. The molecule has 0 spiro atoms. The Morgan fingerprint density at radius 1 is 0.462 bits per heavy atom. The van der Waals surface area contributed by atoms with Crippen LogP contribution in [0.25, 0.3) is 0 Å². The predicted molar refractivity (Wildman–Crippen MR) is 108 cm³/mol. The molecule has 0 saturated carbocycles. The zero-order valence-corrected chi connectivity index (χ0v) is 17.5. The van der Waals surface area contributed by atoms with Crippen LogP contribution in [0.5, 0.6) is 17.2 Å². The number of rotatable bonds is 6. The van der Waals surface area contributed by atoms with Gasteiger partial charge in [-0.2, -0.15) is 0 Å². The van der Waals surface area contributed by atoms with Crippen LogP contribution in [0.4, 0.5) is 0 Å². The maximum absolute atomic E-state index is 6.09. The van der Waals surface area contributed by atoms with Crippen LogP contribution in [0.2, 0.25) is 0 Å². The standard InChI is InChI=1S/3C7H8O.Na.Sn.H/c3*1-6-2-4-7(8)5-3-6;;;/h3*2-5,8H,1H3;;;/q;;;;+3;/p-3. The van der Waals surface area contributed by atoms with E-state index in [2.05, 4.69) is 20.8 Å². The van der Waals surface area contributed by atoms with Gasteiger partial charge in [-0.1, -0.05) is 0 Å². The molecule has 3 rings (SSSR count). The van der Waals surface area contributed by atoms with Gasteiger partial charge in [0.2, 0.25) is 0 Å². The molecule has 1 radical (unpaired) electrons. The van der Waals surface area contributed by atoms with Crippen molar-refractivity contribution in [1.29, 1.82) is 0 Å². The molecule has 0 bridgehead atoms. The number of aryl methyl sites for hydroxylation is 3. The van der Waals surface area contributed by atoms with E-state index in [0.717, 1.165) is 17.2 Å². The van der Waals surface area contributed by atoms with Crippen molar-refractivity contribution < 1.29 is 9.22 Å². The van der Waals surface area contributed by atoms with Gasteiger partial charge in [0.1, 0.15) is 0 Å². The fourth-order valence-electron chi connectivity index (χ4n) is 2.17. The van der Waals surface area contributed by atoms with Crippen molar-refractivity contribution in [3.05, 3.63) is 89.5 Å². The zero-order chi connectivity index (χ0) is 17.6. The molecule has 129 valence electrons. The molecule has 0 N–H and O–H groups in total. The molecule has 0 amide bonds. The summed E-state index contributed by atoms with van der Waals surface area (Å²) in [5, 5.41) is 0. The molecular weight excluding hydrogens is 442 g/mol. The third-order valence-electron chi connectivity index (χ3n) is 3.67. The first kappa shape index (κ1) is 21.2. The Hall–Kier alpha value is -1.14. The van der Waals surface area contributed by atoms with Gasteiger partial charge >= 0.3 is 187 Å². The Morgan fingerprint density at radius 2 is 0.692 bits per heavy atom. The van der Waals surface area contributed by atoms with E-state index in [9.17, 15) is 0 Å². The van der Waals surface area contributed by atoms with Gasteiger partial charge in [-0.3, -0.25) is 0 Å². The fourth-order valence-corrected chi connectivity index (χ4v) is 5.34. The summed E-state index contributed by atoms with van der Waals surface area (Å²) >= 11 is -3.12. The van der Waals surface area contributed by atoms with Gasteiger partial charge in [-0.25, -0.2) is 0 Å². The van der Waals surface area contributed by atoms with Gasteiger partial charge in [0.05, 0.1) is 0 Å². The SMILES string of the molecule is Cc1ccc([O][Sn]([O]c2ccc(C)cc2)[O]c2ccc(C)cc2)cc1.[NaH]. The Balaban J connectivity index is 0.00000243. The maximum atomic E-state index is 6.09. The van der Waals surface area contributed by atoms with E-state index in [0.29, 0.717) is 0 Å². The molecule has 0 heterocycles. The Kier molecular flexibility index (Phi) is 8.35. The molecule has 3 nitrogen and oxygen atoms in total. The van der Waals surface area contributed by atoms with Crippen molar-refractivity contribution in [2.75, 3.05) is 0 Å². The molecule has 3 aromatic rings. The average Bonchev–Trinajstić information content (AvgIpc) is 2.61. The molecule has 0 aromatic heterocycles. The molecular formula is C21H22NaO3Sn. The fraction of sp³-hybridized carbons (Fsp3) is 0.143. The Morgan fingerprint density at radius 3 is 0.923 bits per heavy atom. The topological polar surface area (TPSA) is 27.7 Å². The van der Waals surface area contributed by atoms with Crippen LogP contribution in [-0.2, 0) is 0 Å². The molecule has 3 aromatic carbocycles. The van der Waals surface area contributed by atoms with E-state index in [1.54, 1.807) is 0 Å². The normalized spacial score (nSPS) is 10.2. The molecule has 26 heavy (non-hydrogen) atoms. The molecule has 0 aliphatic rings. The van der Waals surface area contributed by atoms with Gasteiger partial charge in [0.15, 0.2) is 0 Å². The van der Waals surface area contributed by atoms with Crippen molar-refractivity contribution in [3.8, 4) is 17.2 Å². The van der Waals surface area contributed by atoms with Crippen LogP contribution in [0.15, 0.2) is 72.8 Å². The minimum absolute atomic E-state index is 0. The second-order valence-electron chi connectivity index (χ2n) is 6.00. The molecule has 5 heteroatoms. The molecule has 0 unspecified atom stereocenters. The van der Waals surface area contributed by atoms with Gasteiger partial charge < -0.3 is 0 Å². The van der Waals surface area contributed by atoms with Crippen molar-refractivity contribution in [2.24, 2.45) is 0 Å². The van der Waals surface area contributed by atoms with Gasteiger partial charge in [0, 0.05) is 0 Å². The first-order chi connectivity index (χ1) is 12.1. The van der Waals surface area contributed by atoms with Gasteiger partial charge in [-0.15, -0.1) is 0 Å². The van der Waals surface area contributed by atoms with Crippen LogP contribution in [-0.4, -0.2) is 50.6 Å². The molecule has 0 aliphatic heterocycles. The molecule has 0 fully saturated rings. The van der Waals surface area contributed by atoms with Crippen LogP contribution < -0.4 is 9.22 Å². The van der Waals surface area contributed by atoms with Gasteiger partial charge in [-0.05, 0) is 0 Å². The third kappa shape index (κ3) is 6.54. The summed E-state index contributed by atoms with van der Waals surface area (Å²) in [6.07, 6.45) is 0.